The van der Waals surface area contributed by atoms with Crippen LogP contribution >= 0.6 is 23.4 Å². The Kier molecular flexibility index (Phi) is 5.32. The van der Waals surface area contributed by atoms with Gasteiger partial charge in [-0.25, -0.2) is 13.5 Å². The van der Waals surface area contributed by atoms with E-state index in [1.54, 1.807) is 35.0 Å². The molecule has 0 fully saturated rings. The maximum absolute atomic E-state index is 13.8. The van der Waals surface area contributed by atoms with Gasteiger partial charge in [-0.05, 0) is 23.8 Å². The van der Waals surface area contributed by atoms with Gasteiger partial charge in [0.25, 0.3) is 0 Å². The molecule has 0 atom stereocenters. The maximum atomic E-state index is 13.8. The molecular weight excluding hydrogens is 354 g/mol. The monoisotopic (exact) mass is 366 g/mol. The second-order valence-corrected chi connectivity index (χ2v) is 6.25. The van der Waals surface area contributed by atoms with Crippen molar-refractivity contribution in [1.29, 1.82) is 0 Å². The highest BCUT2D eigenvalue weighted by molar-refractivity contribution is 7.98. The minimum Gasteiger partial charge on any atom is -0.318 e. The zero-order valence-electron chi connectivity index (χ0n) is 12.4. The molecular formula is C16H13ClF2N4S. The molecule has 0 aliphatic rings. The number of thioether (sulfide) groups is 1. The van der Waals surface area contributed by atoms with E-state index in [1.807, 2.05) is 0 Å². The minimum atomic E-state index is -0.386. The van der Waals surface area contributed by atoms with Gasteiger partial charge in [-0.15, -0.1) is 10.2 Å². The average molecular weight is 367 g/mol. The minimum absolute atomic E-state index is 0.177. The van der Waals surface area contributed by atoms with E-state index in [0.29, 0.717) is 27.1 Å². The first-order valence-electron chi connectivity index (χ1n) is 7.08. The van der Waals surface area contributed by atoms with Crippen LogP contribution in [0.15, 0.2) is 53.9 Å². The van der Waals surface area contributed by atoms with Crippen molar-refractivity contribution in [2.75, 3.05) is 5.43 Å². The van der Waals surface area contributed by atoms with Gasteiger partial charge in [0.1, 0.15) is 18.0 Å². The molecule has 0 amide bonds. The van der Waals surface area contributed by atoms with E-state index >= 15 is 0 Å². The lowest BCUT2D eigenvalue weighted by Crippen LogP contribution is -2.15. The van der Waals surface area contributed by atoms with Crippen LogP contribution in [0.2, 0.25) is 5.02 Å². The molecule has 3 rings (SSSR count). The van der Waals surface area contributed by atoms with Gasteiger partial charge >= 0.3 is 0 Å². The van der Waals surface area contributed by atoms with Gasteiger partial charge in [0.15, 0.2) is 0 Å². The largest absolute Gasteiger partial charge is 0.318 e. The van der Waals surface area contributed by atoms with E-state index < -0.39 is 0 Å². The highest BCUT2D eigenvalue weighted by atomic mass is 35.5. The van der Waals surface area contributed by atoms with Crippen LogP contribution in [-0.2, 0) is 12.3 Å². The Bertz CT molecular complexity index is 820. The number of nitrogens with one attached hydrogen (secondary N) is 1. The number of hydrogen-bond donors (Lipinski definition) is 1. The summed E-state index contributed by atoms with van der Waals surface area (Å²) in [5.74, 6) is -0.237. The summed E-state index contributed by atoms with van der Waals surface area (Å²) < 4.78 is 29.0. The van der Waals surface area contributed by atoms with E-state index in [2.05, 4.69) is 15.6 Å². The zero-order valence-corrected chi connectivity index (χ0v) is 14.0. The Labute approximate surface area is 146 Å². The highest BCUT2D eigenvalue weighted by Gasteiger charge is 2.10. The summed E-state index contributed by atoms with van der Waals surface area (Å²) >= 11 is 7.33. The second-order valence-electron chi connectivity index (χ2n) is 4.90. The van der Waals surface area contributed by atoms with Gasteiger partial charge in [-0.2, -0.15) is 0 Å². The summed E-state index contributed by atoms with van der Waals surface area (Å²) in [6.45, 7) is 0.177. The van der Waals surface area contributed by atoms with E-state index in [-0.39, 0.29) is 18.2 Å². The van der Waals surface area contributed by atoms with E-state index in [0.717, 1.165) is 0 Å². The van der Waals surface area contributed by atoms with Crippen LogP contribution in [0.5, 0.6) is 0 Å². The molecule has 24 heavy (non-hydrogen) atoms. The molecule has 0 spiro atoms. The quantitative estimate of drug-likeness (QED) is 0.662. The van der Waals surface area contributed by atoms with Crippen molar-refractivity contribution < 1.29 is 8.78 Å². The van der Waals surface area contributed by atoms with Crippen LogP contribution in [0.25, 0.3) is 0 Å². The van der Waals surface area contributed by atoms with Gasteiger partial charge < -0.3 is 5.43 Å². The van der Waals surface area contributed by atoms with Crippen LogP contribution < -0.4 is 5.43 Å². The molecule has 8 heteroatoms. The molecule has 124 valence electrons. The SMILES string of the molecule is Fc1ccccc1CSc1nncn1NCc1c(F)cccc1Cl. The third-order valence-electron chi connectivity index (χ3n) is 3.32. The van der Waals surface area contributed by atoms with Crippen molar-refractivity contribution in [2.24, 2.45) is 0 Å². The topological polar surface area (TPSA) is 42.7 Å². The van der Waals surface area contributed by atoms with Crippen LogP contribution in [0, 0.1) is 11.6 Å². The molecule has 2 aromatic carbocycles. The molecule has 4 nitrogen and oxygen atoms in total. The van der Waals surface area contributed by atoms with Crippen LogP contribution in [0.1, 0.15) is 11.1 Å². The van der Waals surface area contributed by atoms with Crippen molar-refractivity contribution in [3.8, 4) is 0 Å². The van der Waals surface area contributed by atoms with Crippen molar-refractivity contribution in [3.05, 3.63) is 76.6 Å². The second kappa shape index (κ2) is 7.63. The molecule has 3 aromatic rings. The van der Waals surface area contributed by atoms with Gasteiger partial charge in [0.2, 0.25) is 5.16 Å². The number of aromatic nitrogens is 3. The van der Waals surface area contributed by atoms with E-state index in [1.165, 1.54) is 30.2 Å². The summed E-state index contributed by atoms with van der Waals surface area (Å²) in [7, 11) is 0. The number of rotatable bonds is 6. The Morgan fingerprint density at radius 1 is 1.08 bits per heavy atom. The Balaban J connectivity index is 1.66. The van der Waals surface area contributed by atoms with E-state index in [9.17, 15) is 8.78 Å². The third-order valence-corrected chi connectivity index (χ3v) is 4.66. The lowest BCUT2D eigenvalue weighted by molar-refractivity contribution is 0.606. The van der Waals surface area contributed by atoms with Gasteiger partial charge in [-0.3, -0.25) is 0 Å². The summed E-state index contributed by atoms with van der Waals surface area (Å²) in [5, 5.41) is 8.70. The lowest BCUT2D eigenvalue weighted by Gasteiger charge is -2.11. The number of nitrogens with zero attached hydrogens (tertiary/aromatic N) is 3. The number of hydrogen-bond acceptors (Lipinski definition) is 4. The van der Waals surface area contributed by atoms with Crippen LogP contribution in [0.3, 0.4) is 0 Å². The predicted molar refractivity (Wildman–Crippen MR) is 90.5 cm³/mol. The molecule has 0 saturated carbocycles. The van der Waals surface area contributed by atoms with Crippen LogP contribution in [0.4, 0.5) is 8.78 Å². The maximum Gasteiger partial charge on any atom is 0.210 e. The molecule has 1 aromatic heterocycles. The molecule has 0 radical (unpaired) electrons. The van der Waals surface area contributed by atoms with Gasteiger partial charge in [0, 0.05) is 16.3 Å². The number of benzene rings is 2. The lowest BCUT2D eigenvalue weighted by atomic mass is 10.2. The number of halogens is 3. The molecule has 0 aliphatic heterocycles. The highest BCUT2D eigenvalue weighted by Crippen LogP contribution is 2.22. The van der Waals surface area contributed by atoms with Crippen molar-refractivity contribution in [1.82, 2.24) is 14.9 Å². The predicted octanol–water partition coefficient (Wildman–Crippen LogP) is 4.25. The fourth-order valence-corrected chi connectivity index (χ4v) is 3.16. The molecule has 0 saturated heterocycles. The summed E-state index contributed by atoms with van der Waals surface area (Å²) in [4.78, 5) is 0. The van der Waals surface area contributed by atoms with Crippen molar-refractivity contribution in [3.63, 3.8) is 0 Å². The Morgan fingerprint density at radius 2 is 1.88 bits per heavy atom. The standard InChI is InChI=1S/C16H13ClF2N4S/c17-13-5-3-7-15(19)12(13)8-21-23-10-20-22-16(23)24-9-11-4-1-2-6-14(11)18/h1-7,10,21H,8-9H2. The fraction of sp³-hybridized carbons (Fsp3) is 0.125. The Morgan fingerprint density at radius 3 is 2.67 bits per heavy atom. The third kappa shape index (κ3) is 3.85. The van der Waals surface area contributed by atoms with Crippen molar-refractivity contribution in [2.45, 2.75) is 17.5 Å². The smallest absolute Gasteiger partial charge is 0.210 e. The first kappa shape index (κ1) is 16.7. The summed E-state index contributed by atoms with van der Waals surface area (Å²) in [6, 6.07) is 11.1. The van der Waals surface area contributed by atoms with Gasteiger partial charge in [0.05, 0.1) is 6.54 Å². The summed E-state index contributed by atoms with van der Waals surface area (Å²) in [6.07, 6.45) is 1.47. The first-order valence-corrected chi connectivity index (χ1v) is 8.44. The molecule has 0 unspecified atom stereocenters. The first-order chi connectivity index (χ1) is 11.6. The molecule has 1 heterocycles. The zero-order chi connectivity index (χ0) is 16.9. The Hall–Kier alpha value is -2.12. The average Bonchev–Trinajstić information content (AvgIpc) is 3.01. The summed E-state index contributed by atoms with van der Waals surface area (Å²) in [5.41, 5.74) is 3.93. The fourth-order valence-electron chi connectivity index (χ4n) is 2.05. The molecule has 1 N–H and O–H groups in total. The molecule has 0 bridgehead atoms. The van der Waals surface area contributed by atoms with Crippen molar-refractivity contribution >= 4 is 23.4 Å². The molecule has 0 aliphatic carbocycles. The van der Waals surface area contributed by atoms with E-state index in [4.69, 9.17) is 11.6 Å². The van der Waals surface area contributed by atoms with Gasteiger partial charge in [-0.1, -0.05) is 47.6 Å². The normalized spacial score (nSPS) is 10.8. The van der Waals surface area contributed by atoms with Crippen LogP contribution in [-0.4, -0.2) is 14.9 Å².